The second-order valence-electron chi connectivity index (χ2n) is 5.44. The maximum atomic E-state index is 12.8. The lowest BCUT2D eigenvalue weighted by atomic mass is 10.0. The molecule has 0 aliphatic heterocycles. The summed E-state index contributed by atoms with van der Waals surface area (Å²) in [7, 11) is 1.95. The van der Waals surface area contributed by atoms with Crippen LogP contribution in [0.5, 0.6) is 0 Å². The van der Waals surface area contributed by atoms with Gasteiger partial charge in [-0.15, -0.1) is 0 Å². The highest BCUT2D eigenvalue weighted by Gasteiger charge is 2.18. The van der Waals surface area contributed by atoms with Crippen LogP contribution in [0.2, 0.25) is 5.02 Å². The van der Waals surface area contributed by atoms with E-state index in [0.717, 1.165) is 16.5 Å². The van der Waals surface area contributed by atoms with Gasteiger partial charge in [0.05, 0.1) is 5.02 Å². The van der Waals surface area contributed by atoms with Crippen molar-refractivity contribution in [3.05, 3.63) is 69.9 Å². The fourth-order valence-corrected chi connectivity index (χ4v) is 2.85. The molecule has 1 heterocycles. The lowest BCUT2D eigenvalue weighted by Gasteiger charge is -2.05. The molecular formula is C18H16ClNO. The van der Waals surface area contributed by atoms with E-state index in [1.807, 2.05) is 55.9 Å². The van der Waals surface area contributed by atoms with Crippen molar-refractivity contribution in [3.63, 3.8) is 0 Å². The lowest BCUT2D eigenvalue weighted by Crippen LogP contribution is -2.02. The molecule has 0 amide bonds. The molecule has 0 radical (unpaired) electrons. The minimum Gasteiger partial charge on any atom is -0.350 e. The summed E-state index contributed by atoms with van der Waals surface area (Å²) in [5.41, 5.74) is 4.40. The summed E-state index contributed by atoms with van der Waals surface area (Å²) >= 11 is 6.29. The van der Waals surface area contributed by atoms with Crippen molar-refractivity contribution in [3.8, 4) is 0 Å². The fourth-order valence-electron chi connectivity index (χ4n) is 2.64. The summed E-state index contributed by atoms with van der Waals surface area (Å²) in [6.45, 7) is 3.96. The Morgan fingerprint density at radius 3 is 2.62 bits per heavy atom. The number of aryl methyl sites for hydroxylation is 3. The van der Waals surface area contributed by atoms with Crippen molar-refractivity contribution in [2.24, 2.45) is 7.05 Å². The molecule has 0 unspecified atom stereocenters. The number of fused-ring (bicyclic) bond motifs is 1. The summed E-state index contributed by atoms with van der Waals surface area (Å²) in [6.07, 6.45) is 1.88. The quantitative estimate of drug-likeness (QED) is 0.630. The second-order valence-corrected chi connectivity index (χ2v) is 5.82. The van der Waals surface area contributed by atoms with Crippen LogP contribution in [-0.4, -0.2) is 10.4 Å². The molecule has 0 saturated heterocycles. The molecule has 0 aliphatic rings. The highest BCUT2D eigenvalue weighted by molar-refractivity contribution is 6.36. The molecule has 3 heteroatoms. The van der Waals surface area contributed by atoms with Crippen LogP contribution in [0.1, 0.15) is 27.0 Å². The molecular weight excluding hydrogens is 282 g/mol. The van der Waals surface area contributed by atoms with Gasteiger partial charge < -0.3 is 4.57 Å². The SMILES string of the molecule is Cc1ccc2c(C(=O)c3cccc(C)c3Cl)cn(C)c2c1. The van der Waals surface area contributed by atoms with Gasteiger partial charge in [-0.2, -0.15) is 0 Å². The van der Waals surface area contributed by atoms with Gasteiger partial charge >= 0.3 is 0 Å². The van der Waals surface area contributed by atoms with Crippen LogP contribution < -0.4 is 0 Å². The molecule has 106 valence electrons. The zero-order valence-electron chi connectivity index (χ0n) is 12.3. The topological polar surface area (TPSA) is 22.0 Å². The molecule has 1 aromatic heterocycles. The first-order valence-corrected chi connectivity index (χ1v) is 7.22. The highest BCUT2D eigenvalue weighted by atomic mass is 35.5. The van der Waals surface area contributed by atoms with E-state index in [4.69, 9.17) is 11.6 Å². The summed E-state index contributed by atoms with van der Waals surface area (Å²) in [6, 6.07) is 11.7. The molecule has 3 aromatic rings. The molecule has 0 saturated carbocycles. The summed E-state index contributed by atoms with van der Waals surface area (Å²) in [5.74, 6) is -0.0295. The van der Waals surface area contributed by atoms with Crippen molar-refractivity contribution in [2.75, 3.05) is 0 Å². The molecule has 0 fully saturated rings. The number of rotatable bonds is 2. The van der Waals surface area contributed by atoms with Gasteiger partial charge in [0.15, 0.2) is 5.78 Å². The third-order valence-corrected chi connectivity index (χ3v) is 4.33. The average molecular weight is 298 g/mol. The highest BCUT2D eigenvalue weighted by Crippen LogP contribution is 2.28. The van der Waals surface area contributed by atoms with Crippen LogP contribution in [0, 0.1) is 13.8 Å². The van der Waals surface area contributed by atoms with Crippen molar-refractivity contribution in [1.29, 1.82) is 0 Å². The van der Waals surface area contributed by atoms with Gasteiger partial charge in [-0.1, -0.05) is 35.9 Å². The third kappa shape index (κ3) is 2.26. The summed E-state index contributed by atoms with van der Waals surface area (Å²) < 4.78 is 1.99. The largest absolute Gasteiger partial charge is 0.350 e. The Morgan fingerprint density at radius 1 is 1.10 bits per heavy atom. The van der Waals surface area contributed by atoms with Gasteiger partial charge in [-0.25, -0.2) is 0 Å². The van der Waals surface area contributed by atoms with Gasteiger partial charge in [0.2, 0.25) is 0 Å². The standard InChI is InChI=1S/C18H16ClNO/c1-11-7-8-13-15(10-20(3)16(13)9-11)18(21)14-6-4-5-12(2)17(14)19/h4-10H,1-3H3. The number of nitrogens with zero attached hydrogens (tertiary/aromatic N) is 1. The van der Waals surface area contributed by atoms with Crippen molar-refractivity contribution in [2.45, 2.75) is 13.8 Å². The van der Waals surface area contributed by atoms with Gasteiger partial charge in [0, 0.05) is 35.3 Å². The van der Waals surface area contributed by atoms with E-state index in [1.54, 1.807) is 6.07 Å². The molecule has 2 aromatic carbocycles. The Morgan fingerprint density at radius 2 is 1.86 bits per heavy atom. The van der Waals surface area contributed by atoms with Gasteiger partial charge in [0.25, 0.3) is 0 Å². The molecule has 0 aliphatic carbocycles. The van der Waals surface area contributed by atoms with Crippen LogP contribution in [0.3, 0.4) is 0 Å². The predicted octanol–water partition coefficient (Wildman–Crippen LogP) is 4.68. The number of hydrogen-bond acceptors (Lipinski definition) is 1. The van der Waals surface area contributed by atoms with E-state index in [9.17, 15) is 4.79 Å². The van der Waals surface area contributed by atoms with Crippen LogP contribution in [0.15, 0.2) is 42.6 Å². The number of benzene rings is 2. The van der Waals surface area contributed by atoms with E-state index in [0.29, 0.717) is 16.1 Å². The van der Waals surface area contributed by atoms with E-state index >= 15 is 0 Å². The van der Waals surface area contributed by atoms with E-state index in [1.165, 1.54) is 5.56 Å². The monoisotopic (exact) mass is 297 g/mol. The van der Waals surface area contributed by atoms with Crippen molar-refractivity contribution < 1.29 is 4.79 Å². The van der Waals surface area contributed by atoms with Crippen LogP contribution in [-0.2, 0) is 7.05 Å². The minimum absolute atomic E-state index is 0.0295. The second kappa shape index (κ2) is 5.05. The fraction of sp³-hybridized carbons (Fsp3) is 0.167. The number of carbonyl (C=O) groups excluding carboxylic acids is 1. The van der Waals surface area contributed by atoms with E-state index < -0.39 is 0 Å². The predicted molar refractivity (Wildman–Crippen MR) is 87.3 cm³/mol. The van der Waals surface area contributed by atoms with Gasteiger partial charge in [-0.3, -0.25) is 4.79 Å². The smallest absolute Gasteiger partial charge is 0.196 e. The van der Waals surface area contributed by atoms with Crippen molar-refractivity contribution >= 4 is 28.3 Å². The Balaban J connectivity index is 2.21. The Hall–Kier alpha value is -2.06. The normalized spacial score (nSPS) is 11.0. The maximum Gasteiger partial charge on any atom is 0.196 e. The van der Waals surface area contributed by atoms with Gasteiger partial charge in [-0.05, 0) is 37.1 Å². The number of aromatic nitrogens is 1. The average Bonchev–Trinajstić information content (AvgIpc) is 2.78. The molecule has 2 nitrogen and oxygen atoms in total. The van der Waals surface area contributed by atoms with Crippen LogP contribution >= 0.6 is 11.6 Å². The summed E-state index contributed by atoms with van der Waals surface area (Å²) in [5, 5.41) is 1.50. The van der Waals surface area contributed by atoms with Crippen LogP contribution in [0.4, 0.5) is 0 Å². The molecule has 21 heavy (non-hydrogen) atoms. The Labute approximate surface area is 129 Å². The number of hydrogen-bond donors (Lipinski definition) is 0. The molecule has 0 bridgehead atoms. The molecule has 0 spiro atoms. The zero-order valence-corrected chi connectivity index (χ0v) is 13.0. The van der Waals surface area contributed by atoms with Gasteiger partial charge in [0.1, 0.15) is 0 Å². The number of ketones is 1. The molecule has 0 N–H and O–H groups in total. The molecule has 3 rings (SSSR count). The maximum absolute atomic E-state index is 12.8. The Bertz CT molecular complexity index is 861. The Kier molecular flexibility index (Phi) is 3.34. The molecule has 0 atom stereocenters. The first-order chi connectivity index (χ1) is 9.99. The number of halogens is 1. The minimum atomic E-state index is -0.0295. The van der Waals surface area contributed by atoms with Crippen LogP contribution in [0.25, 0.3) is 10.9 Å². The third-order valence-electron chi connectivity index (χ3n) is 3.83. The first-order valence-electron chi connectivity index (χ1n) is 6.84. The van der Waals surface area contributed by atoms with E-state index in [-0.39, 0.29) is 5.78 Å². The number of carbonyl (C=O) groups is 1. The van der Waals surface area contributed by atoms with E-state index in [2.05, 4.69) is 6.07 Å². The van der Waals surface area contributed by atoms with Crippen molar-refractivity contribution in [1.82, 2.24) is 4.57 Å². The first kappa shape index (κ1) is 13.9. The lowest BCUT2D eigenvalue weighted by molar-refractivity contribution is 0.104. The summed E-state index contributed by atoms with van der Waals surface area (Å²) in [4.78, 5) is 12.8. The zero-order chi connectivity index (χ0) is 15.1.